The number of likely N-dealkylation sites (tertiary alicyclic amines) is 2. The molecule has 2 saturated heterocycles. The Bertz CT molecular complexity index is 747. The van der Waals surface area contributed by atoms with Gasteiger partial charge >= 0.3 is 6.18 Å². The molecule has 1 N–H and O–H groups in total. The van der Waals surface area contributed by atoms with Crippen LogP contribution in [0.5, 0.6) is 0 Å². The predicted octanol–water partition coefficient (Wildman–Crippen LogP) is 2.02. The molecule has 0 spiro atoms. The SMILES string of the molecule is CC(O)(C(=O)N1CCC(c2ccnn2C2CCCN(C#N)C2)CC1)C(F)(F)F. The van der Waals surface area contributed by atoms with Gasteiger partial charge in [-0.05, 0) is 38.7 Å². The lowest BCUT2D eigenvalue weighted by molar-refractivity contribution is -0.250. The Balaban J connectivity index is 1.66. The van der Waals surface area contributed by atoms with Crippen molar-refractivity contribution in [3.05, 3.63) is 18.0 Å². The zero-order chi connectivity index (χ0) is 20.5. The van der Waals surface area contributed by atoms with Crippen LogP contribution in [0.15, 0.2) is 12.3 Å². The van der Waals surface area contributed by atoms with Crippen molar-refractivity contribution in [1.82, 2.24) is 19.6 Å². The van der Waals surface area contributed by atoms with Gasteiger partial charge < -0.3 is 14.9 Å². The maximum absolute atomic E-state index is 12.9. The summed E-state index contributed by atoms with van der Waals surface area (Å²) in [6, 6.07) is 1.99. The fourth-order valence-corrected chi connectivity index (χ4v) is 4.01. The Morgan fingerprint density at radius 2 is 1.96 bits per heavy atom. The van der Waals surface area contributed by atoms with Gasteiger partial charge in [0.05, 0.1) is 12.6 Å². The lowest BCUT2D eigenvalue weighted by Gasteiger charge is -2.37. The summed E-state index contributed by atoms with van der Waals surface area (Å²) in [7, 11) is 0. The quantitative estimate of drug-likeness (QED) is 0.786. The average molecular weight is 399 g/mol. The van der Waals surface area contributed by atoms with Crippen molar-refractivity contribution in [3.8, 4) is 6.19 Å². The minimum absolute atomic E-state index is 0.0693. The number of aliphatic hydroxyl groups is 1. The van der Waals surface area contributed by atoms with Crippen molar-refractivity contribution in [2.24, 2.45) is 0 Å². The third-order valence-corrected chi connectivity index (χ3v) is 5.75. The lowest BCUT2D eigenvalue weighted by atomic mass is 9.91. The number of rotatable bonds is 3. The number of hydrogen-bond acceptors (Lipinski definition) is 5. The van der Waals surface area contributed by atoms with Crippen LogP contribution in [0.4, 0.5) is 13.2 Å². The van der Waals surface area contributed by atoms with Crippen LogP contribution in [-0.4, -0.2) is 68.6 Å². The molecule has 2 aliphatic rings. The van der Waals surface area contributed by atoms with Crippen molar-refractivity contribution in [1.29, 1.82) is 5.26 Å². The Morgan fingerprint density at radius 3 is 2.57 bits per heavy atom. The summed E-state index contributed by atoms with van der Waals surface area (Å²) in [5.41, 5.74) is -2.38. The van der Waals surface area contributed by atoms with Crippen LogP contribution in [0.25, 0.3) is 0 Å². The van der Waals surface area contributed by atoms with E-state index in [2.05, 4.69) is 11.3 Å². The van der Waals surface area contributed by atoms with Gasteiger partial charge in [-0.25, -0.2) is 0 Å². The molecule has 0 bridgehead atoms. The molecule has 3 heterocycles. The maximum Gasteiger partial charge on any atom is 0.426 e. The summed E-state index contributed by atoms with van der Waals surface area (Å²) < 4.78 is 40.7. The number of amides is 1. The van der Waals surface area contributed by atoms with Crippen molar-refractivity contribution >= 4 is 5.91 Å². The molecule has 1 amide bonds. The lowest BCUT2D eigenvalue weighted by Crippen LogP contribution is -2.57. The molecule has 3 rings (SSSR count). The highest BCUT2D eigenvalue weighted by molar-refractivity contribution is 5.85. The Morgan fingerprint density at radius 1 is 1.29 bits per heavy atom. The third kappa shape index (κ3) is 3.81. The first-order valence-electron chi connectivity index (χ1n) is 9.41. The van der Waals surface area contributed by atoms with Gasteiger partial charge in [0, 0.05) is 37.4 Å². The van der Waals surface area contributed by atoms with Gasteiger partial charge in [0.2, 0.25) is 5.60 Å². The van der Waals surface area contributed by atoms with Crippen molar-refractivity contribution < 1.29 is 23.1 Å². The van der Waals surface area contributed by atoms with E-state index in [0.717, 1.165) is 30.0 Å². The molecule has 0 saturated carbocycles. The van der Waals surface area contributed by atoms with Crippen LogP contribution in [0.1, 0.15) is 50.3 Å². The molecular formula is C18H24F3N5O2. The first-order chi connectivity index (χ1) is 13.1. The molecule has 1 aromatic heterocycles. The number of hydrogen-bond donors (Lipinski definition) is 1. The molecule has 0 aliphatic carbocycles. The van der Waals surface area contributed by atoms with E-state index in [-0.39, 0.29) is 25.0 Å². The zero-order valence-corrected chi connectivity index (χ0v) is 15.7. The Labute approximate surface area is 161 Å². The topological polar surface area (TPSA) is 85.4 Å². The summed E-state index contributed by atoms with van der Waals surface area (Å²) in [5.74, 6) is -1.23. The van der Waals surface area contributed by atoms with E-state index < -0.39 is 17.7 Å². The molecular weight excluding hydrogens is 375 g/mol. The second-order valence-electron chi connectivity index (χ2n) is 7.68. The monoisotopic (exact) mass is 399 g/mol. The van der Waals surface area contributed by atoms with Gasteiger partial charge in [0.25, 0.3) is 5.91 Å². The van der Waals surface area contributed by atoms with Crippen molar-refractivity contribution in [2.75, 3.05) is 26.2 Å². The normalized spacial score (nSPS) is 23.9. The number of nitriles is 1. The van der Waals surface area contributed by atoms with Gasteiger partial charge in [0.15, 0.2) is 6.19 Å². The van der Waals surface area contributed by atoms with Gasteiger partial charge in [-0.2, -0.15) is 23.5 Å². The molecule has 28 heavy (non-hydrogen) atoms. The fraction of sp³-hybridized carbons (Fsp3) is 0.722. The molecule has 0 aromatic carbocycles. The van der Waals surface area contributed by atoms with Gasteiger partial charge in [-0.15, -0.1) is 0 Å². The summed E-state index contributed by atoms with van der Waals surface area (Å²) in [4.78, 5) is 14.9. The first-order valence-corrected chi connectivity index (χ1v) is 9.41. The standard InChI is InChI=1S/C18H24F3N5O2/c1-17(28,18(19,20)21)16(27)25-9-5-13(6-10-25)15-4-7-23-26(15)14-3-2-8-24(11-14)12-22/h4,7,13-14,28H,2-3,5-6,8-11H2,1H3. The van der Waals surface area contributed by atoms with E-state index in [0.29, 0.717) is 26.3 Å². The number of alkyl halides is 3. The number of aromatic nitrogens is 2. The maximum atomic E-state index is 12.9. The number of nitrogens with zero attached hydrogens (tertiary/aromatic N) is 5. The first kappa shape index (κ1) is 20.5. The van der Waals surface area contributed by atoms with Crippen LogP contribution >= 0.6 is 0 Å². The highest BCUT2D eigenvalue weighted by atomic mass is 19.4. The smallest absolute Gasteiger partial charge is 0.373 e. The van der Waals surface area contributed by atoms with Crippen LogP contribution < -0.4 is 0 Å². The molecule has 7 nitrogen and oxygen atoms in total. The van der Waals surface area contributed by atoms with Gasteiger partial charge in [-0.3, -0.25) is 9.48 Å². The third-order valence-electron chi connectivity index (χ3n) is 5.75. The molecule has 1 aromatic rings. The molecule has 0 radical (unpaired) electrons. The fourth-order valence-electron chi connectivity index (χ4n) is 4.01. The van der Waals surface area contributed by atoms with E-state index in [1.807, 2.05) is 10.7 Å². The number of piperidine rings is 2. The van der Waals surface area contributed by atoms with Gasteiger partial charge in [-0.1, -0.05) is 0 Å². The average Bonchev–Trinajstić information content (AvgIpc) is 3.16. The minimum Gasteiger partial charge on any atom is -0.373 e. The van der Waals surface area contributed by atoms with E-state index >= 15 is 0 Å². The molecule has 2 aliphatic heterocycles. The number of carbonyl (C=O) groups is 1. The Kier molecular flexibility index (Phi) is 5.57. The zero-order valence-electron chi connectivity index (χ0n) is 15.7. The predicted molar refractivity (Wildman–Crippen MR) is 92.9 cm³/mol. The van der Waals surface area contributed by atoms with Gasteiger partial charge in [0.1, 0.15) is 0 Å². The summed E-state index contributed by atoms with van der Waals surface area (Å²) >= 11 is 0. The highest BCUT2D eigenvalue weighted by Crippen LogP contribution is 2.35. The number of carbonyl (C=O) groups excluding carboxylic acids is 1. The van der Waals surface area contributed by atoms with Crippen molar-refractivity contribution in [3.63, 3.8) is 0 Å². The van der Waals surface area contributed by atoms with E-state index in [1.165, 1.54) is 0 Å². The molecule has 2 unspecified atom stereocenters. The van der Waals surface area contributed by atoms with Crippen LogP contribution in [0.2, 0.25) is 0 Å². The summed E-state index contributed by atoms with van der Waals surface area (Å²) in [6.07, 6.45) is 1.68. The summed E-state index contributed by atoms with van der Waals surface area (Å²) in [5, 5.41) is 23.2. The highest BCUT2D eigenvalue weighted by Gasteiger charge is 2.57. The van der Waals surface area contributed by atoms with E-state index in [4.69, 9.17) is 5.26 Å². The molecule has 154 valence electrons. The van der Waals surface area contributed by atoms with Crippen molar-refractivity contribution in [2.45, 2.75) is 56.3 Å². The van der Waals surface area contributed by atoms with Crippen LogP contribution in [0.3, 0.4) is 0 Å². The van der Waals surface area contributed by atoms with E-state index in [9.17, 15) is 23.1 Å². The second kappa shape index (κ2) is 7.62. The Hall–Kier alpha value is -2.28. The molecule has 2 atom stereocenters. The second-order valence-corrected chi connectivity index (χ2v) is 7.68. The summed E-state index contributed by atoms with van der Waals surface area (Å²) in [6.45, 7) is 2.13. The van der Waals surface area contributed by atoms with E-state index in [1.54, 1.807) is 11.1 Å². The van der Waals surface area contributed by atoms with Crippen LogP contribution in [-0.2, 0) is 4.79 Å². The van der Waals surface area contributed by atoms with Crippen LogP contribution in [0, 0.1) is 11.5 Å². The molecule has 2 fully saturated rings. The largest absolute Gasteiger partial charge is 0.426 e. The molecule has 10 heteroatoms. The number of halogens is 3. The minimum atomic E-state index is -5.01.